The van der Waals surface area contributed by atoms with Crippen LogP contribution in [0.1, 0.15) is 44.8 Å². The molecule has 0 spiro atoms. The van der Waals surface area contributed by atoms with Gasteiger partial charge in [0.1, 0.15) is 5.75 Å². The largest absolute Gasteiger partial charge is 0.494 e. The van der Waals surface area contributed by atoms with Crippen molar-refractivity contribution in [2.24, 2.45) is 5.92 Å². The van der Waals surface area contributed by atoms with Gasteiger partial charge in [-0.1, -0.05) is 26.0 Å². The number of benzene rings is 1. The molecule has 1 aromatic rings. The number of aliphatic hydroxyl groups is 1. The standard InChI is InChI=1S/C16H24O3/c1-3-10-18-13-7-5-12(6-8-13)16(17)14-9-11-19-15(14)4-2/h5-8,14-17H,3-4,9-11H2,1-2H3. The normalized spacial score (nSPS) is 24.4. The monoisotopic (exact) mass is 264 g/mol. The average Bonchev–Trinajstić information content (AvgIpc) is 2.93. The van der Waals surface area contributed by atoms with E-state index in [0.717, 1.165) is 43.8 Å². The quantitative estimate of drug-likeness (QED) is 0.856. The van der Waals surface area contributed by atoms with Crippen molar-refractivity contribution in [3.8, 4) is 5.75 Å². The van der Waals surface area contributed by atoms with Crippen molar-refractivity contribution in [3.05, 3.63) is 29.8 Å². The molecule has 0 radical (unpaired) electrons. The van der Waals surface area contributed by atoms with E-state index in [4.69, 9.17) is 9.47 Å². The molecule has 3 heteroatoms. The molecule has 106 valence electrons. The second-order valence-electron chi connectivity index (χ2n) is 5.13. The van der Waals surface area contributed by atoms with Crippen molar-refractivity contribution in [1.82, 2.24) is 0 Å². The summed E-state index contributed by atoms with van der Waals surface area (Å²) in [7, 11) is 0. The Morgan fingerprint density at radius 3 is 2.68 bits per heavy atom. The zero-order valence-electron chi connectivity index (χ0n) is 11.8. The summed E-state index contributed by atoms with van der Waals surface area (Å²) in [6.45, 7) is 5.69. The predicted octanol–water partition coefficient (Wildman–Crippen LogP) is 3.32. The Balaban J connectivity index is 2.00. The summed E-state index contributed by atoms with van der Waals surface area (Å²) < 4.78 is 11.2. The van der Waals surface area contributed by atoms with E-state index in [2.05, 4.69) is 13.8 Å². The summed E-state index contributed by atoms with van der Waals surface area (Å²) in [6.07, 6.45) is 2.65. The zero-order valence-corrected chi connectivity index (χ0v) is 11.8. The van der Waals surface area contributed by atoms with Gasteiger partial charge in [0.15, 0.2) is 0 Å². The minimum Gasteiger partial charge on any atom is -0.494 e. The van der Waals surface area contributed by atoms with Gasteiger partial charge in [-0.05, 0) is 37.0 Å². The van der Waals surface area contributed by atoms with E-state index in [-0.39, 0.29) is 12.0 Å². The number of rotatable bonds is 6. The molecule has 1 heterocycles. The lowest BCUT2D eigenvalue weighted by atomic mass is 9.89. The van der Waals surface area contributed by atoms with Crippen LogP contribution in [0.4, 0.5) is 0 Å². The Labute approximate surface area is 115 Å². The fourth-order valence-corrected chi connectivity index (χ4v) is 2.68. The highest BCUT2D eigenvalue weighted by Gasteiger charge is 2.33. The van der Waals surface area contributed by atoms with Crippen molar-refractivity contribution in [3.63, 3.8) is 0 Å². The average molecular weight is 264 g/mol. The fourth-order valence-electron chi connectivity index (χ4n) is 2.68. The molecule has 1 aliphatic heterocycles. The molecule has 0 bridgehead atoms. The summed E-state index contributed by atoms with van der Waals surface area (Å²) in [5, 5.41) is 10.5. The fraction of sp³-hybridized carbons (Fsp3) is 0.625. The van der Waals surface area contributed by atoms with Crippen LogP contribution in [0.25, 0.3) is 0 Å². The molecule has 1 saturated heterocycles. The highest BCUT2D eigenvalue weighted by atomic mass is 16.5. The van der Waals surface area contributed by atoms with Crippen molar-refractivity contribution >= 4 is 0 Å². The molecule has 1 aliphatic rings. The second kappa shape index (κ2) is 6.92. The lowest BCUT2D eigenvalue weighted by Gasteiger charge is -2.23. The topological polar surface area (TPSA) is 38.7 Å². The molecule has 19 heavy (non-hydrogen) atoms. The number of aliphatic hydroxyl groups excluding tert-OH is 1. The van der Waals surface area contributed by atoms with E-state index >= 15 is 0 Å². The van der Waals surface area contributed by atoms with Gasteiger partial charge in [-0.2, -0.15) is 0 Å². The number of ether oxygens (including phenoxy) is 2. The molecule has 0 aliphatic carbocycles. The highest BCUT2D eigenvalue weighted by Crippen LogP contribution is 2.35. The number of hydrogen-bond donors (Lipinski definition) is 1. The predicted molar refractivity (Wildman–Crippen MR) is 75.3 cm³/mol. The van der Waals surface area contributed by atoms with Gasteiger partial charge >= 0.3 is 0 Å². The van der Waals surface area contributed by atoms with Crippen molar-refractivity contribution in [1.29, 1.82) is 0 Å². The first-order chi connectivity index (χ1) is 9.26. The summed E-state index contributed by atoms with van der Waals surface area (Å²) in [5.74, 6) is 1.08. The third-order valence-corrected chi connectivity index (χ3v) is 3.76. The third kappa shape index (κ3) is 3.48. The molecule has 3 nitrogen and oxygen atoms in total. The Bertz CT molecular complexity index is 374. The molecule has 0 amide bonds. The van der Waals surface area contributed by atoms with Crippen molar-refractivity contribution in [2.45, 2.75) is 45.3 Å². The van der Waals surface area contributed by atoms with Crippen LogP contribution >= 0.6 is 0 Å². The first-order valence-electron chi connectivity index (χ1n) is 7.28. The maximum absolute atomic E-state index is 10.5. The van der Waals surface area contributed by atoms with E-state index < -0.39 is 6.10 Å². The highest BCUT2D eigenvalue weighted by molar-refractivity contribution is 5.29. The minimum absolute atomic E-state index is 0.186. The van der Waals surface area contributed by atoms with Crippen LogP contribution in [-0.4, -0.2) is 24.4 Å². The van der Waals surface area contributed by atoms with Gasteiger partial charge in [0, 0.05) is 12.5 Å². The Morgan fingerprint density at radius 1 is 1.32 bits per heavy atom. The van der Waals surface area contributed by atoms with E-state index in [1.165, 1.54) is 0 Å². The smallest absolute Gasteiger partial charge is 0.119 e. The van der Waals surface area contributed by atoms with Gasteiger partial charge in [-0.15, -0.1) is 0 Å². The molecule has 1 aromatic carbocycles. The summed E-state index contributed by atoms with van der Waals surface area (Å²) >= 11 is 0. The third-order valence-electron chi connectivity index (χ3n) is 3.76. The summed E-state index contributed by atoms with van der Waals surface area (Å²) in [4.78, 5) is 0. The Hall–Kier alpha value is -1.06. The summed E-state index contributed by atoms with van der Waals surface area (Å²) in [5.41, 5.74) is 0.956. The van der Waals surface area contributed by atoms with Gasteiger partial charge in [-0.3, -0.25) is 0 Å². The molecule has 1 fully saturated rings. The van der Waals surface area contributed by atoms with Crippen LogP contribution in [0.15, 0.2) is 24.3 Å². The van der Waals surface area contributed by atoms with Gasteiger partial charge in [-0.25, -0.2) is 0 Å². The van der Waals surface area contributed by atoms with Crippen LogP contribution < -0.4 is 4.74 Å². The van der Waals surface area contributed by atoms with E-state index in [1.807, 2.05) is 24.3 Å². The number of hydrogen-bond acceptors (Lipinski definition) is 3. The van der Waals surface area contributed by atoms with Crippen LogP contribution in [-0.2, 0) is 4.74 Å². The van der Waals surface area contributed by atoms with Gasteiger partial charge in [0.2, 0.25) is 0 Å². The SMILES string of the molecule is CCCOc1ccc(C(O)C2CCOC2CC)cc1. The second-order valence-corrected chi connectivity index (χ2v) is 5.13. The van der Waals surface area contributed by atoms with Crippen LogP contribution in [0.5, 0.6) is 5.75 Å². The molecule has 0 saturated carbocycles. The van der Waals surface area contributed by atoms with Crippen LogP contribution in [0.3, 0.4) is 0 Å². The van der Waals surface area contributed by atoms with E-state index in [0.29, 0.717) is 0 Å². The van der Waals surface area contributed by atoms with Gasteiger partial charge in [0.25, 0.3) is 0 Å². The van der Waals surface area contributed by atoms with E-state index in [9.17, 15) is 5.11 Å². The van der Waals surface area contributed by atoms with Gasteiger partial charge in [0.05, 0.1) is 18.8 Å². The molecular weight excluding hydrogens is 240 g/mol. The van der Waals surface area contributed by atoms with Gasteiger partial charge < -0.3 is 14.6 Å². The first-order valence-corrected chi connectivity index (χ1v) is 7.28. The first kappa shape index (κ1) is 14.4. The molecule has 1 N–H and O–H groups in total. The maximum Gasteiger partial charge on any atom is 0.119 e. The van der Waals surface area contributed by atoms with Crippen LogP contribution in [0, 0.1) is 5.92 Å². The Morgan fingerprint density at radius 2 is 2.05 bits per heavy atom. The minimum atomic E-state index is -0.437. The van der Waals surface area contributed by atoms with E-state index in [1.54, 1.807) is 0 Å². The van der Waals surface area contributed by atoms with Crippen LogP contribution in [0.2, 0.25) is 0 Å². The Kier molecular flexibility index (Phi) is 5.23. The summed E-state index contributed by atoms with van der Waals surface area (Å²) in [6, 6.07) is 7.79. The molecular formula is C16H24O3. The molecule has 3 unspecified atom stereocenters. The molecule has 0 aromatic heterocycles. The maximum atomic E-state index is 10.5. The molecule has 2 rings (SSSR count). The van der Waals surface area contributed by atoms with Crippen molar-refractivity contribution in [2.75, 3.05) is 13.2 Å². The lowest BCUT2D eigenvalue weighted by Crippen LogP contribution is -2.21. The molecule has 3 atom stereocenters. The van der Waals surface area contributed by atoms with Crippen molar-refractivity contribution < 1.29 is 14.6 Å². The lowest BCUT2D eigenvalue weighted by molar-refractivity contribution is 0.0307. The zero-order chi connectivity index (χ0) is 13.7.